The van der Waals surface area contributed by atoms with E-state index in [1.54, 1.807) is 0 Å². The molecule has 1 heteroatoms. The first-order chi connectivity index (χ1) is 7.23. The molecule has 1 N–H and O–H groups in total. The Bertz CT molecular complexity index is 347. The number of hydrogen-bond acceptors (Lipinski definition) is 1. The zero-order chi connectivity index (χ0) is 10.3. The first-order valence-electron chi connectivity index (χ1n) is 6.52. The van der Waals surface area contributed by atoms with Gasteiger partial charge in [0.25, 0.3) is 0 Å². The summed E-state index contributed by atoms with van der Waals surface area (Å²) in [6, 6.07) is 0. The van der Waals surface area contributed by atoms with Gasteiger partial charge in [0.2, 0.25) is 0 Å². The second-order valence-corrected chi connectivity index (χ2v) is 6.53. The van der Waals surface area contributed by atoms with E-state index in [4.69, 9.17) is 0 Å². The Hall–Kier alpha value is -0.300. The van der Waals surface area contributed by atoms with Gasteiger partial charge in [-0.25, -0.2) is 0 Å². The second kappa shape index (κ2) is 2.34. The highest BCUT2D eigenvalue weighted by atomic mass is 16.3. The Morgan fingerprint density at radius 3 is 3.07 bits per heavy atom. The van der Waals surface area contributed by atoms with Crippen molar-refractivity contribution in [3.63, 3.8) is 0 Å². The Morgan fingerprint density at radius 2 is 2.27 bits per heavy atom. The number of aliphatic hydroxyl groups is 1. The number of hydrogen-bond donors (Lipinski definition) is 1. The third-order valence-corrected chi connectivity index (χ3v) is 6.53. The summed E-state index contributed by atoms with van der Waals surface area (Å²) in [4.78, 5) is 0. The lowest BCUT2D eigenvalue weighted by Crippen LogP contribution is -2.21. The minimum absolute atomic E-state index is 0.382. The molecule has 4 rings (SSSR count). The summed E-state index contributed by atoms with van der Waals surface area (Å²) in [5, 5.41) is 9.76. The van der Waals surface area contributed by atoms with Crippen molar-refractivity contribution < 1.29 is 5.11 Å². The fraction of sp³-hybridized carbons (Fsp3) is 0.857. The third-order valence-electron chi connectivity index (χ3n) is 6.53. The van der Waals surface area contributed by atoms with Gasteiger partial charge in [-0.2, -0.15) is 0 Å². The number of rotatable bonds is 1. The van der Waals surface area contributed by atoms with Gasteiger partial charge in [-0.05, 0) is 61.7 Å². The molecule has 1 nitrogen and oxygen atoms in total. The van der Waals surface area contributed by atoms with Crippen molar-refractivity contribution in [2.75, 3.05) is 6.61 Å². The van der Waals surface area contributed by atoms with Crippen LogP contribution in [0.4, 0.5) is 0 Å². The molecule has 0 unspecified atom stereocenters. The number of aliphatic hydroxyl groups excluding tert-OH is 1. The predicted octanol–water partition coefficient (Wildman–Crippen LogP) is 2.75. The molecular weight excluding hydrogens is 184 g/mol. The van der Waals surface area contributed by atoms with Gasteiger partial charge in [-0.15, -0.1) is 0 Å². The van der Waals surface area contributed by atoms with E-state index in [1.807, 2.05) is 0 Å². The maximum absolute atomic E-state index is 9.76. The van der Waals surface area contributed by atoms with E-state index in [9.17, 15) is 5.11 Å². The topological polar surface area (TPSA) is 20.2 Å². The molecule has 0 aliphatic heterocycles. The van der Waals surface area contributed by atoms with E-state index in [0.717, 1.165) is 17.8 Å². The average Bonchev–Trinajstić information content (AvgIpc) is 2.68. The van der Waals surface area contributed by atoms with E-state index in [0.29, 0.717) is 17.4 Å². The highest BCUT2D eigenvalue weighted by molar-refractivity contribution is 5.31. The molecule has 82 valence electrons. The molecule has 2 bridgehead atoms. The molecule has 4 aliphatic rings. The largest absolute Gasteiger partial charge is 0.396 e. The summed E-state index contributed by atoms with van der Waals surface area (Å²) >= 11 is 0. The predicted molar refractivity (Wildman–Crippen MR) is 59.3 cm³/mol. The zero-order valence-corrected chi connectivity index (χ0v) is 9.34. The summed E-state index contributed by atoms with van der Waals surface area (Å²) in [5.41, 5.74) is 2.51. The standard InChI is InChI=1S/C14H20O/c1-9-2-3-10-6-12-11(9)4-5-13(12)7-14(10,13)8-15/h10-12,15H,1-8H2/t10-,11+,12-,13-,14-/m1/s1. The monoisotopic (exact) mass is 204 g/mol. The van der Waals surface area contributed by atoms with Gasteiger partial charge in [-0.3, -0.25) is 0 Å². The van der Waals surface area contributed by atoms with Crippen LogP contribution >= 0.6 is 0 Å². The molecule has 0 radical (unpaired) electrons. The maximum Gasteiger partial charge on any atom is 0.0495 e. The molecule has 0 aromatic rings. The SMILES string of the molecule is C=C1CC[C@@H]2C[C@@H]3[C@H]1CC[C@@]31C[C@@]21CO. The molecule has 0 heterocycles. The van der Waals surface area contributed by atoms with E-state index in [2.05, 4.69) is 6.58 Å². The van der Waals surface area contributed by atoms with Gasteiger partial charge in [0, 0.05) is 12.0 Å². The Kier molecular flexibility index (Phi) is 1.38. The van der Waals surface area contributed by atoms with Crippen LogP contribution in [-0.2, 0) is 0 Å². The summed E-state index contributed by atoms with van der Waals surface area (Å²) in [6.45, 7) is 4.77. The third kappa shape index (κ3) is 0.730. The van der Waals surface area contributed by atoms with Crippen molar-refractivity contribution in [3.05, 3.63) is 12.2 Å². The fourth-order valence-electron chi connectivity index (χ4n) is 5.78. The van der Waals surface area contributed by atoms with Crippen LogP contribution in [0.15, 0.2) is 12.2 Å². The molecule has 0 aromatic carbocycles. The van der Waals surface area contributed by atoms with Gasteiger partial charge in [0.05, 0.1) is 0 Å². The van der Waals surface area contributed by atoms with Crippen LogP contribution in [0.3, 0.4) is 0 Å². The lowest BCUT2D eigenvalue weighted by molar-refractivity contribution is 0.139. The Morgan fingerprint density at radius 1 is 1.40 bits per heavy atom. The van der Waals surface area contributed by atoms with E-state index >= 15 is 0 Å². The lowest BCUT2D eigenvalue weighted by Gasteiger charge is -2.24. The molecule has 0 aromatic heterocycles. The van der Waals surface area contributed by atoms with E-state index < -0.39 is 0 Å². The van der Waals surface area contributed by atoms with Crippen LogP contribution in [0.5, 0.6) is 0 Å². The second-order valence-electron chi connectivity index (χ2n) is 6.53. The van der Waals surface area contributed by atoms with Crippen LogP contribution in [0.25, 0.3) is 0 Å². The van der Waals surface area contributed by atoms with Crippen LogP contribution in [0, 0.1) is 28.6 Å². The van der Waals surface area contributed by atoms with Crippen molar-refractivity contribution in [1.29, 1.82) is 0 Å². The van der Waals surface area contributed by atoms with Crippen LogP contribution in [0.2, 0.25) is 0 Å². The van der Waals surface area contributed by atoms with Crippen molar-refractivity contribution >= 4 is 0 Å². The van der Waals surface area contributed by atoms with Gasteiger partial charge < -0.3 is 5.11 Å². The van der Waals surface area contributed by atoms with Crippen molar-refractivity contribution in [2.45, 2.75) is 38.5 Å². The van der Waals surface area contributed by atoms with Crippen molar-refractivity contribution in [1.82, 2.24) is 0 Å². The molecule has 4 fully saturated rings. The highest BCUT2D eigenvalue weighted by Crippen LogP contribution is 2.85. The molecule has 0 amide bonds. The molecule has 4 saturated carbocycles. The van der Waals surface area contributed by atoms with Gasteiger partial charge in [-0.1, -0.05) is 12.2 Å². The maximum atomic E-state index is 9.76. The molecule has 15 heavy (non-hydrogen) atoms. The van der Waals surface area contributed by atoms with E-state index in [-0.39, 0.29) is 0 Å². The molecule has 1 spiro atoms. The van der Waals surface area contributed by atoms with Crippen molar-refractivity contribution in [2.24, 2.45) is 28.6 Å². The first kappa shape index (κ1) is 8.81. The normalized spacial score (nSPS) is 60.3. The summed E-state index contributed by atoms with van der Waals surface area (Å²) < 4.78 is 0. The number of fused-ring (bicyclic) bond motifs is 2. The first-order valence-corrected chi connectivity index (χ1v) is 6.52. The summed E-state index contributed by atoms with van der Waals surface area (Å²) in [5.74, 6) is 2.56. The van der Waals surface area contributed by atoms with Gasteiger partial charge in [0.1, 0.15) is 0 Å². The molecular formula is C14H20O. The minimum atomic E-state index is 0.382. The Balaban J connectivity index is 1.83. The highest BCUT2D eigenvalue weighted by Gasteiger charge is 2.79. The average molecular weight is 204 g/mol. The quantitative estimate of drug-likeness (QED) is 0.651. The van der Waals surface area contributed by atoms with Crippen LogP contribution < -0.4 is 0 Å². The molecule has 5 atom stereocenters. The van der Waals surface area contributed by atoms with E-state index in [1.165, 1.54) is 44.1 Å². The fourth-order valence-corrected chi connectivity index (χ4v) is 5.78. The van der Waals surface area contributed by atoms with Crippen LogP contribution in [0.1, 0.15) is 38.5 Å². The zero-order valence-electron chi connectivity index (χ0n) is 9.34. The smallest absolute Gasteiger partial charge is 0.0495 e. The van der Waals surface area contributed by atoms with Gasteiger partial charge in [0.15, 0.2) is 0 Å². The summed E-state index contributed by atoms with van der Waals surface area (Å²) in [6.07, 6.45) is 8.06. The minimum Gasteiger partial charge on any atom is -0.396 e. The molecule has 0 saturated heterocycles. The summed E-state index contributed by atoms with van der Waals surface area (Å²) in [7, 11) is 0. The lowest BCUT2D eigenvalue weighted by atomic mass is 9.82. The number of allylic oxidation sites excluding steroid dienone is 1. The molecule has 4 aliphatic carbocycles. The van der Waals surface area contributed by atoms with Gasteiger partial charge >= 0.3 is 0 Å². The Labute approximate surface area is 91.6 Å². The van der Waals surface area contributed by atoms with Crippen LogP contribution in [-0.4, -0.2) is 11.7 Å². The van der Waals surface area contributed by atoms with Crippen molar-refractivity contribution in [3.8, 4) is 0 Å².